The summed E-state index contributed by atoms with van der Waals surface area (Å²) in [5, 5.41) is 0. The molecule has 6 bridgehead atoms. The van der Waals surface area contributed by atoms with Gasteiger partial charge in [0.2, 0.25) is 23.3 Å². The molecular weight excluding hydrogens is 988 g/mol. The molecule has 0 saturated carbocycles. The highest BCUT2D eigenvalue weighted by atomic mass is 19.2. The van der Waals surface area contributed by atoms with Gasteiger partial charge in [0.1, 0.15) is 0 Å². The summed E-state index contributed by atoms with van der Waals surface area (Å²) in [6.45, 7) is 1.72. The zero-order valence-electron chi connectivity index (χ0n) is 34.4. The van der Waals surface area contributed by atoms with Gasteiger partial charge in [-0.3, -0.25) is 4.99 Å². The van der Waals surface area contributed by atoms with E-state index in [4.69, 9.17) is 5.73 Å². The Bertz CT molecular complexity index is 3280. The minimum absolute atomic E-state index is 0.595. The second kappa shape index (κ2) is 17.3. The van der Waals surface area contributed by atoms with Gasteiger partial charge in [-0.2, -0.15) is 0 Å². The molecule has 8 rings (SSSR count). The van der Waals surface area contributed by atoms with E-state index in [0.29, 0.717) is 42.5 Å². The number of nitrogens with zero attached hydrogens (tertiary/aromatic N) is 2. The fraction of sp³-hybridized carbons (Fsp3) is 0.130. The molecule has 3 aliphatic heterocycles. The van der Waals surface area contributed by atoms with E-state index in [0.717, 1.165) is 19.9 Å². The van der Waals surface area contributed by atoms with Crippen LogP contribution in [0.4, 0.5) is 87.8 Å². The first-order chi connectivity index (χ1) is 32.8. The van der Waals surface area contributed by atoms with Crippen molar-refractivity contribution in [3.63, 3.8) is 0 Å². The summed E-state index contributed by atoms with van der Waals surface area (Å²) in [5.74, 6) is -56.4. The molecule has 364 valence electrons. The highest BCUT2D eigenvalue weighted by molar-refractivity contribution is 6.32. The molecular formula is C46H20F20N4. The number of hydrogen-bond donors (Lipinski definition) is 2. The van der Waals surface area contributed by atoms with E-state index in [9.17, 15) is 43.9 Å². The predicted molar refractivity (Wildman–Crippen MR) is 207 cm³/mol. The number of allylic oxidation sites excluding steroid dienone is 6. The third kappa shape index (κ3) is 7.10. The van der Waals surface area contributed by atoms with Gasteiger partial charge in [0.25, 0.3) is 0 Å². The first-order valence-corrected chi connectivity index (χ1v) is 19.5. The summed E-state index contributed by atoms with van der Waals surface area (Å²) >= 11 is 0. The van der Waals surface area contributed by atoms with E-state index in [1.807, 2.05) is 0 Å². The molecule has 4 atom stereocenters. The normalized spacial score (nSPS) is 21.8. The van der Waals surface area contributed by atoms with Crippen molar-refractivity contribution in [2.75, 3.05) is 0 Å². The highest BCUT2D eigenvalue weighted by Gasteiger charge is 2.46. The number of aromatic amines is 1. The number of hydrogen-bond acceptors (Lipinski definition) is 3. The number of aromatic nitrogens is 1. The van der Waals surface area contributed by atoms with Gasteiger partial charge < -0.3 is 10.7 Å². The number of benzene rings is 4. The molecule has 3 aliphatic rings. The number of nitrogens with two attached hydrogens (primary N) is 1. The van der Waals surface area contributed by atoms with Crippen LogP contribution in [0.15, 0.2) is 70.0 Å². The number of rotatable bonds is 4. The molecule has 0 aliphatic carbocycles. The van der Waals surface area contributed by atoms with Gasteiger partial charge in [-0.1, -0.05) is 19.1 Å². The van der Waals surface area contributed by atoms with Crippen molar-refractivity contribution in [2.45, 2.75) is 31.2 Å². The fourth-order valence-electron chi connectivity index (χ4n) is 8.31. The Hall–Kier alpha value is -7.24. The quantitative estimate of drug-likeness (QED) is 0.0801. The Kier molecular flexibility index (Phi) is 12.2. The Morgan fingerprint density at radius 1 is 0.457 bits per heavy atom. The minimum atomic E-state index is -2.81. The summed E-state index contributed by atoms with van der Waals surface area (Å²) in [6, 6.07) is -0.830. The SMILES string of the molecule is CC1/C=C\C(N)C(c2c(F)c(F)c(F)c(F)c2F)c2ccc([nH]2)C(c2c(F)c(F)c(F)c(F)c2F)=C2C=CC(=N2)/C(c2c(F)c(F)c(F)c(F)c2F)=C2/C=CC(=N2)C1(C)c1c(F)c(F)c(F)c(F)c1F. The largest absolute Gasteiger partial charge is 0.358 e. The van der Waals surface area contributed by atoms with Crippen LogP contribution in [0.5, 0.6) is 0 Å². The van der Waals surface area contributed by atoms with Crippen molar-refractivity contribution in [3.05, 3.63) is 210 Å². The highest BCUT2D eigenvalue weighted by Crippen LogP contribution is 2.46. The number of nitrogens with one attached hydrogen (secondary N) is 1. The van der Waals surface area contributed by atoms with E-state index in [1.165, 1.54) is 0 Å². The van der Waals surface area contributed by atoms with E-state index >= 15 is 43.9 Å². The third-order valence-electron chi connectivity index (χ3n) is 12.0. The second-order valence-corrected chi connectivity index (χ2v) is 15.8. The first-order valence-electron chi connectivity index (χ1n) is 19.5. The summed E-state index contributed by atoms with van der Waals surface area (Å²) in [4.78, 5) is 10.3. The maximum Gasteiger partial charge on any atom is 0.200 e. The second-order valence-electron chi connectivity index (χ2n) is 15.8. The lowest BCUT2D eigenvalue weighted by atomic mass is 9.68. The van der Waals surface area contributed by atoms with Crippen LogP contribution < -0.4 is 5.73 Å². The lowest BCUT2D eigenvalue weighted by Gasteiger charge is -2.35. The van der Waals surface area contributed by atoms with Crippen molar-refractivity contribution < 1.29 is 87.8 Å². The molecule has 0 radical (unpaired) electrons. The lowest BCUT2D eigenvalue weighted by Crippen LogP contribution is -2.40. The lowest BCUT2D eigenvalue weighted by molar-refractivity contribution is 0.346. The topological polar surface area (TPSA) is 66.5 Å². The maximum absolute atomic E-state index is 16.0. The summed E-state index contributed by atoms with van der Waals surface area (Å²) in [7, 11) is 0. The van der Waals surface area contributed by atoms with E-state index in [2.05, 4.69) is 15.0 Å². The van der Waals surface area contributed by atoms with Gasteiger partial charge in [0.15, 0.2) is 93.1 Å². The van der Waals surface area contributed by atoms with Crippen molar-refractivity contribution >= 4 is 22.6 Å². The van der Waals surface area contributed by atoms with Crippen molar-refractivity contribution in [1.29, 1.82) is 0 Å². The van der Waals surface area contributed by atoms with E-state index < -0.39 is 207 Å². The van der Waals surface area contributed by atoms with Crippen LogP contribution in [0.25, 0.3) is 11.1 Å². The molecule has 5 aromatic rings. The van der Waals surface area contributed by atoms with Gasteiger partial charge in [-0.25, -0.2) is 92.8 Å². The van der Waals surface area contributed by atoms with E-state index in [1.54, 1.807) is 0 Å². The van der Waals surface area contributed by atoms with Gasteiger partial charge in [0, 0.05) is 51.0 Å². The fourth-order valence-corrected chi connectivity index (χ4v) is 8.31. The number of halogens is 20. The third-order valence-corrected chi connectivity index (χ3v) is 12.0. The van der Waals surface area contributed by atoms with Crippen LogP contribution >= 0.6 is 0 Å². The summed E-state index contributed by atoms with van der Waals surface area (Å²) in [6.07, 6.45) is 3.95. The summed E-state index contributed by atoms with van der Waals surface area (Å²) in [5.41, 5.74) is -12.0. The average molecular weight is 1010 g/mol. The molecule has 4 aromatic carbocycles. The number of fused-ring (bicyclic) bond motifs is 4. The minimum Gasteiger partial charge on any atom is -0.358 e. The molecule has 1 aromatic heterocycles. The van der Waals surface area contributed by atoms with Crippen molar-refractivity contribution in [1.82, 2.24) is 4.98 Å². The van der Waals surface area contributed by atoms with Crippen LogP contribution in [0.1, 0.15) is 53.4 Å². The molecule has 0 spiro atoms. The maximum atomic E-state index is 16.0. The summed E-state index contributed by atoms with van der Waals surface area (Å²) < 4.78 is 304. The van der Waals surface area contributed by atoms with E-state index in [-0.39, 0.29) is 0 Å². The Balaban J connectivity index is 1.56. The Morgan fingerprint density at radius 2 is 0.857 bits per heavy atom. The monoisotopic (exact) mass is 1010 g/mol. The number of aliphatic imine (C=N–C) groups is 2. The number of H-pyrrole nitrogens is 1. The van der Waals surface area contributed by atoms with Crippen LogP contribution in [0.3, 0.4) is 0 Å². The van der Waals surface area contributed by atoms with Crippen LogP contribution in [0.2, 0.25) is 0 Å². The first kappa shape index (κ1) is 49.2. The average Bonchev–Trinajstić information content (AvgIpc) is 4.15. The van der Waals surface area contributed by atoms with Gasteiger partial charge in [-0.05, 0) is 49.3 Å². The van der Waals surface area contributed by atoms with Crippen LogP contribution in [0, 0.1) is 122 Å². The van der Waals surface area contributed by atoms with Crippen LogP contribution in [-0.2, 0) is 5.41 Å². The molecule has 0 amide bonds. The molecule has 70 heavy (non-hydrogen) atoms. The zero-order valence-corrected chi connectivity index (χ0v) is 34.4. The van der Waals surface area contributed by atoms with Crippen molar-refractivity contribution in [2.24, 2.45) is 21.6 Å². The molecule has 4 unspecified atom stereocenters. The molecule has 3 N–H and O–H groups in total. The van der Waals surface area contributed by atoms with Crippen molar-refractivity contribution in [3.8, 4) is 0 Å². The Morgan fingerprint density at radius 3 is 1.34 bits per heavy atom. The zero-order chi connectivity index (χ0) is 51.5. The molecule has 4 nitrogen and oxygen atoms in total. The Labute approximate surface area is 377 Å². The molecule has 0 saturated heterocycles. The molecule has 24 heteroatoms. The standard InChI is InChI=1S/C46H20F20N4/c1-11-3-4-12(67)19(22-26(47)34(55)42(63)35(56)27(22)48)13-5-6-14(68-13)20(23-28(49)36(57)43(64)37(58)29(23)50)15-7-8-16(69-15)21(24-30(51)38(59)44(65)39(60)31(24)52)17-9-10-18(70-17)46(11,2)25-32(53)40(61)45(66)41(62)33(25)54/h3-12,19,68H,67H2,1-2H3/b4-3-,20-15?,21-17+. The van der Waals surface area contributed by atoms with Crippen LogP contribution in [-0.4, -0.2) is 22.4 Å². The van der Waals surface area contributed by atoms with Gasteiger partial charge in [-0.15, -0.1) is 0 Å². The predicted octanol–water partition coefficient (Wildman–Crippen LogP) is 12.6. The van der Waals surface area contributed by atoms with Gasteiger partial charge >= 0.3 is 0 Å². The molecule has 0 fully saturated rings. The smallest absolute Gasteiger partial charge is 0.200 e. The van der Waals surface area contributed by atoms with Gasteiger partial charge in [0.05, 0.1) is 33.9 Å². The molecule has 4 heterocycles.